The van der Waals surface area contributed by atoms with Crippen LogP contribution in [-0.4, -0.2) is 46.7 Å². The number of aromatic nitrogens is 3. The molecule has 0 amide bonds. The fourth-order valence-electron chi connectivity index (χ4n) is 2.84. The first kappa shape index (κ1) is 16.3. The van der Waals surface area contributed by atoms with E-state index in [2.05, 4.69) is 32.4 Å². The summed E-state index contributed by atoms with van der Waals surface area (Å²) < 4.78 is 10.9. The van der Waals surface area contributed by atoms with Gasteiger partial charge in [-0.05, 0) is 31.3 Å². The molecule has 1 aromatic carbocycles. The van der Waals surface area contributed by atoms with Crippen molar-refractivity contribution in [2.45, 2.75) is 12.5 Å². The van der Waals surface area contributed by atoms with E-state index in [9.17, 15) is 0 Å². The van der Waals surface area contributed by atoms with Crippen LogP contribution >= 0.6 is 11.6 Å². The highest BCUT2D eigenvalue weighted by molar-refractivity contribution is 6.30. The van der Waals surface area contributed by atoms with E-state index in [1.165, 1.54) is 0 Å². The van der Waals surface area contributed by atoms with E-state index in [-0.39, 0.29) is 6.04 Å². The van der Waals surface area contributed by atoms with Crippen LogP contribution in [0.25, 0.3) is 11.5 Å². The first-order valence-corrected chi connectivity index (χ1v) is 8.50. The minimum Gasteiger partial charge on any atom is -0.444 e. The summed E-state index contributed by atoms with van der Waals surface area (Å²) in [7, 11) is 2.07. The van der Waals surface area contributed by atoms with E-state index in [0.717, 1.165) is 30.9 Å². The van der Waals surface area contributed by atoms with Gasteiger partial charge in [-0.25, -0.2) is 4.98 Å². The molecule has 0 saturated carbocycles. The lowest BCUT2D eigenvalue weighted by molar-refractivity contribution is 0.190. The summed E-state index contributed by atoms with van der Waals surface area (Å²) in [5, 5.41) is 8.15. The van der Waals surface area contributed by atoms with Gasteiger partial charge >= 0.3 is 0 Å². The van der Waals surface area contributed by atoms with E-state index in [0.29, 0.717) is 29.0 Å². The van der Waals surface area contributed by atoms with E-state index < -0.39 is 0 Å². The van der Waals surface area contributed by atoms with Gasteiger partial charge in [-0.2, -0.15) is 4.98 Å². The van der Waals surface area contributed by atoms with E-state index in [1.54, 1.807) is 18.4 Å². The molecule has 1 aliphatic heterocycles. The van der Waals surface area contributed by atoms with Gasteiger partial charge in [-0.3, -0.25) is 4.90 Å². The standard InChI is InChI=1S/C17H18ClN5O2/c1-23-7-6-19-9-14(23)16-21-15(25-22-16)8-13-10-24-17(20-13)11-2-4-12(18)5-3-11/h2-5,10,14,19H,6-9H2,1H3. The predicted octanol–water partition coefficient (Wildman–Crippen LogP) is 2.54. The highest BCUT2D eigenvalue weighted by Crippen LogP contribution is 2.22. The summed E-state index contributed by atoms with van der Waals surface area (Å²) >= 11 is 5.90. The van der Waals surface area contributed by atoms with Crippen molar-refractivity contribution in [2.24, 2.45) is 0 Å². The molecule has 8 heteroatoms. The van der Waals surface area contributed by atoms with Crippen molar-refractivity contribution >= 4 is 11.6 Å². The number of oxazole rings is 1. The minimum atomic E-state index is 0.133. The Labute approximate surface area is 150 Å². The Bertz CT molecular complexity index is 845. The second-order valence-corrected chi connectivity index (χ2v) is 6.51. The molecule has 0 aliphatic carbocycles. The van der Waals surface area contributed by atoms with Crippen molar-refractivity contribution in [3.05, 3.63) is 53.0 Å². The Kier molecular flexibility index (Phi) is 4.52. The molecule has 0 radical (unpaired) electrons. The maximum Gasteiger partial charge on any atom is 0.232 e. The van der Waals surface area contributed by atoms with Crippen LogP contribution in [0.4, 0.5) is 0 Å². The third-order valence-electron chi connectivity index (χ3n) is 4.27. The summed E-state index contributed by atoms with van der Waals surface area (Å²) in [4.78, 5) is 11.2. The quantitative estimate of drug-likeness (QED) is 0.766. The molecule has 25 heavy (non-hydrogen) atoms. The van der Waals surface area contributed by atoms with Gasteiger partial charge in [-0.1, -0.05) is 16.8 Å². The number of likely N-dealkylation sites (N-methyl/N-ethyl adjacent to an activating group) is 1. The molecule has 2 aromatic heterocycles. The molecule has 3 heterocycles. The van der Waals surface area contributed by atoms with Crippen molar-refractivity contribution in [1.82, 2.24) is 25.3 Å². The lowest BCUT2D eigenvalue weighted by Crippen LogP contribution is -2.44. The molecule has 1 N–H and O–H groups in total. The summed E-state index contributed by atoms with van der Waals surface area (Å²) in [6.07, 6.45) is 2.05. The average molecular weight is 360 g/mol. The third kappa shape index (κ3) is 3.58. The van der Waals surface area contributed by atoms with Gasteiger partial charge in [0.05, 0.1) is 18.2 Å². The van der Waals surface area contributed by atoms with Crippen LogP contribution in [0, 0.1) is 0 Å². The van der Waals surface area contributed by atoms with E-state index >= 15 is 0 Å². The number of hydrogen-bond acceptors (Lipinski definition) is 7. The molecule has 1 saturated heterocycles. The fraction of sp³-hybridized carbons (Fsp3) is 0.353. The number of nitrogens with zero attached hydrogens (tertiary/aromatic N) is 4. The molecule has 0 spiro atoms. The monoisotopic (exact) mass is 359 g/mol. The van der Waals surface area contributed by atoms with Gasteiger partial charge in [0.15, 0.2) is 5.82 Å². The number of nitrogens with one attached hydrogen (secondary N) is 1. The third-order valence-corrected chi connectivity index (χ3v) is 4.52. The van der Waals surface area contributed by atoms with Crippen LogP contribution in [0.15, 0.2) is 39.5 Å². The molecule has 1 unspecified atom stereocenters. The lowest BCUT2D eigenvalue weighted by Gasteiger charge is -2.30. The van der Waals surface area contributed by atoms with Gasteiger partial charge < -0.3 is 14.3 Å². The van der Waals surface area contributed by atoms with Crippen molar-refractivity contribution in [2.75, 3.05) is 26.7 Å². The molecule has 1 atom stereocenters. The number of hydrogen-bond donors (Lipinski definition) is 1. The second-order valence-electron chi connectivity index (χ2n) is 6.07. The van der Waals surface area contributed by atoms with Crippen LogP contribution < -0.4 is 5.32 Å². The van der Waals surface area contributed by atoms with Crippen molar-refractivity contribution in [3.8, 4) is 11.5 Å². The van der Waals surface area contributed by atoms with Gasteiger partial charge in [0.2, 0.25) is 11.8 Å². The maximum absolute atomic E-state index is 5.90. The first-order valence-electron chi connectivity index (χ1n) is 8.13. The zero-order valence-electron chi connectivity index (χ0n) is 13.8. The normalized spacial score (nSPS) is 18.6. The largest absolute Gasteiger partial charge is 0.444 e. The summed E-state index contributed by atoms with van der Waals surface area (Å²) in [5.41, 5.74) is 1.62. The Morgan fingerprint density at radius 2 is 2.12 bits per heavy atom. The van der Waals surface area contributed by atoms with E-state index in [4.69, 9.17) is 20.5 Å². The Morgan fingerprint density at radius 3 is 2.92 bits per heavy atom. The lowest BCUT2D eigenvalue weighted by atomic mass is 10.2. The molecule has 1 fully saturated rings. The Balaban J connectivity index is 1.47. The fourth-order valence-corrected chi connectivity index (χ4v) is 2.96. The number of rotatable bonds is 4. The SMILES string of the molecule is CN1CCNCC1c1noc(Cc2coc(-c3ccc(Cl)cc3)n2)n1. The van der Waals surface area contributed by atoms with Gasteiger partial charge in [-0.15, -0.1) is 0 Å². The average Bonchev–Trinajstić information content (AvgIpc) is 3.26. The van der Waals surface area contributed by atoms with Crippen LogP contribution in [0.2, 0.25) is 5.02 Å². The molecule has 130 valence electrons. The predicted molar refractivity (Wildman–Crippen MR) is 92.3 cm³/mol. The number of piperazine rings is 1. The molecule has 1 aliphatic rings. The maximum atomic E-state index is 5.90. The van der Waals surface area contributed by atoms with Crippen LogP contribution in [0.1, 0.15) is 23.5 Å². The molecular weight excluding hydrogens is 342 g/mol. The zero-order valence-corrected chi connectivity index (χ0v) is 14.5. The number of benzene rings is 1. The van der Waals surface area contributed by atoms with E-state index in [1.807, 2.05) is 12.1 Å². The molecule has 7 nitrogen and oxygen atoms in total. The van der Waals surface area contributed by atoms with Crippen molar-refractivity contribution in [3.63, 3.8) is 0 Å². The summed E-state index contributed by atoms with van der Waals surface area (Å²) in [6.45, 7) is 2.76. The van der Waals surface area contributed by atoms with Gasteiger partial charge in [0.1, 0.15) is 6.26 Å². The highest BCUT2D eigenvalue weighted by Gasteiger charge is 2.25. The van der Waals surface area contributed by atoms with Crippen molar-refractivity contribution in [1.29, 1.82) is 0 Å². The van der Waals surface area contributed by atoms with Gasteiger partial charge in [0.25, 0.3) is 0 Å². The summed E-state index contributed by atoms with van der Waals surface area (Å²) in [5.74, 6) is 1.78. The minimum absolute atomic E-state index is 0.133. The van der Waals surface area contributed by atoms with Gasteiger partial charge in [0, 0.05) is 30.2 Å². The first-order chi connectivity index (χ1) is 12.2. The molecule has 0 bridgehead atoms. The molecule has 3 aromatic rings. The molecular formula is C17H18ClN5O2. The second kappa shape index (κ2) is 6.95. The zero-order chi connectivity index (χ0) is 17.2. The van der Waals surface area contributed by atoms with Crippen LogP contribution in [-0.2, 0) is 6.42 Å². The number of halogens is 1. The van der Waals surface area contributed by atoms with Crippen LogP contribution in [0.3, 0.4) is 0 Å². The summed E-state index contributed by atoms with van der Waals surface area (Å²) in [6, 6.07) is 7.48. The Morgan fingerprint density at radius 1 is 1.28 bits per heavy atom. The van der Waals surface area contributed by atoms with Crippen LogP contribution in [0.5, 0.6) is 0 Å². The topological polar surface area (TPSA) is 80.2 Å². The smallest absolute Gasteiger partial charge is 0.232 e. The highest BCUT2D eigenvalue weighted by atomic mass is 35.5. The van der Waals surface area contributed by atoms with Crippen molar-refractivity contribution < 1.29 is 8.94 Å². The molecule has 4 rings (SSSR count). The Hall–Kier alpha value is -2.22.